The molecule has 2 nitrogen and oxygen atoms in total. The van der Waals surface area contributed by atoms with E-state index in [-0.39, 0.29) is 0 Å². The molecule has 94 valence electrons. The first-order valence-electron chi connectivity index (χ1n) is 6.85. The Morgan fingerprint density at radius 3 is 2.94 bits per heavy atom. The second-order valence-electron chi connectivity index (χ2n) is 5.03. The lowest BCUT2D eigenvalue weighted by atomic mass is 10.0. The Hall–Kier alpha value is -0.860. The molecule has 17 heavy (non-hydrogen) atoms. The largest absolute Gasteiger partial charge is 0.315 e. The van der Waals surface area contributed by atoms with Crippen molar-refractivity contribution in [1.82, 2.24) is 10.6 Å². The quantitative estimate of drug-likeness (QED) is 0.761. The van der Waals surface area contributed by atoms with Crippen molar-refractivity contribution >= 4 is 0 Å². The van der Waals surface area contributed by atoms with Crippen LogP contribution in [0.4, 0.5) is 0 Å². The lowest BCUT2D eigenvalue weighted by Crippen LogP contribution is -2.42. The van der Waals surface area contributed by atoms with Gasteiger partial charge in [-0.2, -0.15) is 0 Å². The van der Waals surface area contributed by atoms with E-state index in [2.05, 4.69) is 41.8 Å². The highest BCUT2D eigenvalue weighted by Crippen LogP contribution is 2.08. The molecule has 0 saturated carbocycles. The average Bonchev–Trinajstić information content (AvgIpc) is 2.38. The first-order valence-corrected chi connectivity index (χ1v) is 6.85. The Labute approximate surface area is 105 Å². The molecule has 1 saturated heterocycles. The predicted molar refractivity (Wildman–Crippen MR) is 73.4 cm³/mol. The van der Waals surface area contributed by atoms with E-state index < -0.39 is 0 Å². The molecule has 0 radical (unpaired) electrons. The molecule has 2 heteroatoms. The molecule has 1 aliphatic heterocycles. The van der Waals surface area contributed by atoms with Crippen molar-refractivity contribution in [1.29, 1.82) is 0 Å². The second-order valence-corrected chi connectivity index (χ2v) is 5.03. The Morgan fingerprint density at radius 2 is 2.18 bits per heavy atom. The fourth-order valence-corrected chi connectivity index (χ4v) is 2.49. The summed E-state index contributed by atoms with van der Waals surface area (Å²) in [5.74, 6) is 0. The minimum atomic E-state index is 0.695. The summed E-state index contributed by atoms with van der Waals surface area (Å²) in [5, 5.41) is 7.13. The zero-order chi connectivity index (χ0) is 11.9. The van der Waals surface area contributed by atoms with Crippen LogP contribution in [0.1, 0.15) is 30.4 Å². The fourth-order valence-electron chi connectivity index (χ4n) is 2.49. The van der Waals surface area contributed by atoms with E-state index in [0.717, 1.165) is 19.5 Å². The molecule has 1 unspecified atom stereocenters. The van der Waals surface area contributed by atoms with Gasteiger partial charge in [-0.15, -0.1) is 0 Å². The summed E-state index contributed by atoms with van der Waals surface area (Å²) < 4.78 is 0. The van der Waals surface area contributed by atoms with Crippen LogP contribution in [0, 0.1) is 6.92 Å². The lowest BCUT2D eigenvalue weighted by molar-refractivity contribution is 0.384. The van der Waals surface area contributed by atoms with Crippen molar-refractivity contribution in [3.05, 3.63) is 35.4 Å². The average molecular weight is 232 g/mol. The van der Waals surface area contributed by atoms with Crippen molar-refractivity contribution in [3.63, 3.8) is 0 Å². The topological polar surface area (TPSA) is 24.1 Å². The van der Waals surface area contributed by atoms with Crippen LogP contribution < -0.4 is 10.6 Å². The summed E-state index contributed by atoms with van der Waals surface area (Å²) in [6.45, 7) is 5.59. The van der Waals surface area contributed by atoms with Crippen molar-refractivity contribution < 1.29 is 0 Å². The van der Waals surface area contributed by atoms with E-state index >= 15 is 0 Å². The van der Waals surface area contributed by atoms with Crippen LogP contribution in [0.5, 0.6) is 0 Å². The number of piperidine rings is 1. The summed E-state index contributed by atoms with van der Waals surface area (Å²) in [5.41, 5.74) is 2.88. The molecule has 1 aromatic rings. The molecule has 1 aliphatic rings. The smallest absolute Gasteiger partial charge is 0.0192 e. The number of benzene rings is 1. The van der Waals surface area contributed by atoms with Crippen LogP contribution >= 0.6 is 0 Å². The highest BCUT2D eigenvalue weighted by Gasteiger charge is 2.11. The zero-order valence-corrected chi connectivity index (χ0v) is 10.8. The van der Waals surface area contributed by atoms with Gasteiger partial charge in [0.05, 0.1) is 0 Å². The summed E-state index contributed by atoms with van der Waals surface area (Å²) in [6.07, 6.45) is 5.20. The summed E-state index contributed by atoms with van der Waals surface area (Å²) in [6, 6.07) is 9.36. The third kappa shape index (κ3) is 4.14. The van der Waals surface area contributed by atoms with Gasteiger partial charge >= 0.3 is 0 Å². The lowest BCUT2D eigenvalue weighted by Gasteiger charge is -2.23. The number of hydrogen-bond acceptors (Lipinski definition) is 2. The number of rotatable bonds is 5. The van der Waals surface area contributed by atoms with Crippen molar-refractivity contribution in [2.45, 2.75) is 38.6 Å². The zero-order valence-electron chi connectivity index (χ0n) is 10.8. The highest BCUT2D eigenvalue weighted by molar-refractivity contribution is 5.25. The number of nitrogens with one attached hydrogen (secondary N) is 2. The van der Waals surface area contributed by atoms with Crippen LogP contribution in [-0.4, -0.2) is 25.7 Å². The molecule has 0 spiro atoms. The van der Waals surface area contributed by atoms with Gasteiger partial charge in [-0.1, -0.05) is 30.7 Å². The molecule has 1 heterocycles. The van der Waals surface area contributed by atoms with Crippen LogP contribution in [-0.2, 0) is 6.42 Å². The van der Waals surface area contributed by atoms with Gasteiger partial charge in [0.25, 0.3) is 0 Å². The molecule has 0 amide bonds. The van der Waals surface area contributed by atoms with E-state index in [1.165, 1.54) is 36.9 Å². The van der Waals surface area contributed by atoms with E-state index in [0.29, 0.717) is 6.04 Å². The molecule has 2 rings (SSSR count). The second kappa shape index (κ2) is 6.77. The number of aryl methyl sites for hydroxylation is 1. The first kappa shape index (κ1) is 12.6. The molecule has 2 N–H and O–H groups in total. The van der Waals surface area contributed by atoms with Crippen LogP contribution in [0.25, 0.3) is 0 Å². The maximum absolute atomic E-state index is 3.57. The summed E-state index contributed by atoms with van der Waals surface area (Å²) >= 11 is 0. The van der Waals surface area contributed by atoms with Crippen molar-refractivity contribution in [3.8, 4) is 0 Å². The van der Waals surface area contributed by atoms with Gasteiger partial charge in [0, 0.05) is 12.6 Å². The summed E-state index contributed by atoms with van der Waals surface area (Å²) in [4.78, 5) is 0. The van der Waals surface area contributed by atoms with E-state index in [9.17, 15) is 0 Å². The molecule has 0 bridgehead atoms. The Kier molecular flexibility index (Phi) is 5.02. The fraction of sp³-hybridized carbons (Fsp3) is 0.600. The standard InChI is InChI=1S/C15H24N2/c1-13-6-2-3-7-14(13)9-11-16-12-15-8-4-5-10-17-15/h2-3,6-7,15-17H,4-5,8-12H2,1H3. The van der Waals surface area contributed by atoms with E-state index in [4.69, 9.17) is 0 Å². The summed E-state index contributed by atoms with van der Waals surface area (Å²) in [7, 11) is 0. The minimum Gasteiger partial charge on any atom is -0.315 e. The molecule has 1 aromatic carbocycles. The minimum absolute atomic E-state index is 0.695. The van der Waals surface area contributed by atoms with Gasteiger partial charge in [0.1, 0.15) is 0 Å². The first-order chi connectivity index (χ1) is 8.36. The third-order valence-electron chi connectivity index (χ3n) is 3.64. The Morgan fingerprint density at radius 1 is 1.29 bits per heavy atom. The SMILES string of the molecule is Cc1ccccc1CCNCC1CCCCN1. The van der Waals surface area contributed by atoms with Crippen LogP contribution in [0.2, 0.25) is 0 Å². The van der Waals surface area contributed by atoms with E-state index in [1.807, 2.05) is 0 Å². The molecular formula is C15H24N2. The molecule has 0 aliphatic carbocycles. The van der Waals surface area contributed by atoms with Gasteiger partial charge in [-0.05, 0) is 50.4 Å². The van der Waals surface area contributed by atoms with Crippen LogP contribution in [0.3, 0.4) is 0 Å². The molecule has 1 atom stereocenters. The van der Waals surface area contributed by atoms with E-state index in [1.54, 1.807) is 0 Å². The molecule has 0 aromatic heterocycles. The maximum Gasteiger partial charge on any atom is 0.0192 e. The Balaban J connectivity index is 1.64. The highest BCUT2D eigenvalue weighted by atomic mass is 15.0. The van der Waals surface area contributed by atoms with Gasteiger partial charge in [0.15, 0.2) is 0 Å². The van der Waals surface area contributed by atoms with Gasteiger partial charge in [-0.25, -0.2) is 0 Å². The van der Waals surface area contributed by atoms with Gasteiger partial charge < -0.3 is 10.6 Å². The number of hydrogen-bond donors (Lipinski definition) is 2. The molecular weight excluding hydrogens is 208 g/mol. The normalized spacial score (nSPS) is 20.4. The van der Waals surface area contributed by atoms with Crippen molar-refractivity contribution in [2.24, 2.45) is 0 Å². The molecule has 1 fully saturated rings. The van der Waals surface area contributed by atoms with Crippen molar-refractivity contribution in [2.75, 3.05) is 19.6 Å². The third-order valence-corrected chi connectivity index (χ3v) is 3.64. The van der Waals surface area contributed by atoms with Gasteiger partial charge in [0.2, 0.25) is 0 Å². The van der Waals surface area contributed by atoms with Gasteiger partial charge in [-0.3, -0.25) is 0 Å². The predicted octanol–water partition coefficient (Wildman–Crippen LogP) is 2.27. The maximum atomic E-state index is 3.57. The van der Waals surface area contributed by atoms with Crippen LogP contribution in [0.15, 0.2) is 24.3 Å². The Bertz CT molecular complexity index is 329. The monoisotopic (exact) mass is 232 g/mol.